The van der Waals surface area contributed by atoms with Crippen molar-refractivity contribution in [2.24, 2.45) is 0 Å². The lowest BCUT2D eigenvalue weighted by Crippen LogP contribution is -2.16. The summed E-state index contributed by atoms with van der Waals surface area (Å²) in [6, 6.07) is 17.3. The van der Waals surface area contributed by atoms with Gasteiger partial charge >= 0.3 is 5.97 Å². The van der Waals surface area contributed by atoms with E-state index in [0.29, 0.717) is 5.56 Å². The predicted molar refractivity (Wildman–Crippen MR) is 73.8 cm³/mol. The first-order chi connectivity index (χ1) is 9.20. The van der Waals surface area contributed by atoms with Crippen molar-refractivity contribution in [1.82, 2.24) is 0 Å². The first-order valence-electron chi connectivity index (χ1n) is 6.10. The molecule has 0 aliphatic heterocycles. The van der Waals surface area contributed by atoms with Crippen LogP contribution in [0.2, 0.25) is 0 Å². The van der Waals surface area contributed by atoms with Gasteiger partial charge in [0.05, 0.1) is 5.56 Å². The largest absolute Gasteiger partial charge is 0.432 e. The van der Waals surface area contributed by atoms with Gasteiger partial charge in [0.1, 0.15) is 0 Å². The summed E-state index contributed by atoms with van der Waals surface area (Å²) < 4.78 is 9.96. The third-order valence-corrected chi connectivity index (χ3v) is 2.83. The zero-order valence-corrected chi connectivity index (χ0v) is 11.0. The van der Waals surface area contributed by atoms with Crippen molar-refractivity contribution >= 4 is 5.97 Å². The number of methoxy groups -OCH3 is 1. The number of benzene rings is 2. The first kappa shape index (κ1) is 13.3. The summed E-state index contributed by atoms with van der Waals surface area (Å²) >= 11 is 0. The number of carbonyl (C=O) groups is 1. The third-order valence-electron chi connectivity index (χ3n) is 2.83. The highest BCUT2D eigenvalue weighted by molar-refractivity contribution is 5.90. The Bertz CT molecular complexity index is 532. The summed E-state index contributed by atoms with van der Waals surface area (Å²) in [6.07, 6.45) is -0.540. The maximum Gasteiger partial charge on any atom is 0.340 e. The molecule has 0 amide bonds. The molecule has 0 N–H and O–H groups in total. The van der Waals surface area contributed by atoms with Crippen molar-refractivity contribution in [3.63, 3.8) is 0 Å². The van der Waals surface area contributed by atoms with Crippen molar-refractivity contribution in [2.75, 3.05) is 7.11 Å². The number of ether oxygens (including phenoxy) is 2. The summed E-state index contributed by atoms with van der Waals surface area (Å²) in [5.41, 5.74) is 2.70. The molecule has 2 rings (SSSR count). The first-order valence-corrected chi connectivity index (χ1v) is 6.10. The smallest absolute Gasteiger partial charge is 0.340 e. The molecule has 0 aliphatic carbocycles. The van der Waals surface area contributed by atoms with Crippen LogP contribution in [0.15, 0.2) is 54.6 Å². The fraction of sp³-hybridized carbons (Fsp3) is 0.188. The molecule has 0 saturated heterocycles. The zero-order chi connectivity index (χ0) is 13.7. The SMILES string of the molecule is COC(C)OC(=O)c1ccc(-c2ccccc2)cc1. The van der Waals surface area contributed by atoms with Crippen molar-refractivity contribution in [3.05, 3.63) is 60.2 Å². The van der Waals surface area contributed by atoms with E-state index in [2.05, 4.69) is 0 Å². The second-order valence-corrected chi connectivity index (χ2v) is 4.15. The topological polar surface area (TPSA) is 35.5 Å². The Balaban J connectivity index is 2.13. The van der Waals surface area contributed by atoms with Gasteiger partial charge in [-0.15, -0.1) is 0 Å². The van der Waals surface area contributed by atoms with E-state index < -0.39 is 6.29 Å². The van der Waals surface area contributed by atoms with Crippen molar-refractivity contribution in [1.29, 1.82) is 0 Å². The molecular weight excluding hydrogens is 240 g/mol. The highest BCUT2D eigenvalue weighted by atomic mass is 16.7. The van der Waals surface area contributed by atoms with Gasteiger partial charge in [0.15, 0.2) is 6.29 Å². The van der Waals surface area contributed by atoms with E-state index in [0.717, 1.165) is 11.1 Å². The fourth-order valence-electron chi connectivity index (χ4n) is 1.70. The zero-order valence-electron chi connectivity index (χ0n) is 11.0. The minimum Gasteiger partial charge on any atom is -0.432 e. The van der Waals surface area contributed by atoms with Crippen LogP contribution in [0.1, 0.15) is 17.3 Å². The maximum atomic E-state index is 11.8. The minimum absolute atomic E-state index is 0.381. The van der Waals surface area contributed by atoms with Crippen LogP contribution < -0.4 is 0 Å². The van der Waals surface area contributed by atoms with Gasteiger partial charge in [0.2, 0.25) is 0 Å². The number of carbonyl (C=O) groups excluding carboxylic acids is 1. The third kappa shape index (κ3) is 3.42. The molecule has 0 aliphatic rings. The summed E-state index contributed by atoms with van der Waals surface area (Å²) in [5, 5.41) is 0. The Morgan fingerprint density at radius 3 is 2.11 bits per heavy atom. The van der Waals surface area contributed by atoms with E-state index in [1.165, 1.54) is 7.11 Å². The standard InChI is InChI=1S/C16H16O3/c1-12(18-2)19-16(17)15-10-8-14(9-11-15)13-6-4-3-5-7-13/h3-12H,1-2H3. The molecule has 0 heterocycles. The lowest BCUT2D eigenvalue weighted by atomic mass is 10.0. The van der Waals surface area contributed by atoms with E-state index in [9.17, 15) is 4.79 Å². The monoisotopic (exact) mass is 256 g/mol. The van der Waals surface area contributed by atoms with E-state index in [-0.39, 0.29) is 5.97 Å². The summed E-state index contributed by atoms with van der Waals surface area (Å²) in [6.45, 7) is 1.68. The Morgan fingerprint density at radius 2 is 1.53 bits per heavy atom. The molecule has 2 aromatic carbocycles. The Kier molecular flexibility index (Phi) is 4.31. The molecule has 0 spiro atoms. The van der Waals surface area contributed by atoms with E-state index in [4.69, 9.17) is 9.47 Å². The van der Waals surface area contributed by atoms with Gasteiger partial charge in [-0.25, -0.2) is 4.79 Å². The molecule has 0 fully saturated rings. The number of hydrogen-bond donors (Lipinski definition) is 0. The van der Waals surface area contributed by atoms with Gasteiger partial charge in [-0.3, -0.25) is 0 Å². The van der Waals surface area contributed by atoms with Crippen LogP contribution in [0.5, 0.6) is 0 Å². The Labute approximate surface area is 112 Å². The average molecular weight is 256 g/mol. The van der Waals surface area contributed by atoms with E-state index >= 15 is 0 Å². The molecule has 0 aromatic heterocycles. The molecule has 19 heavy (non-hydrogen) atoms. The highest BCUT2D eigenvalue weighted by Gasteiger charge is 2.11. The molecule has 98 valence electrons. The van der Waals surface area contributed by atoms with Gasteiger partial charge in [0.25, 0.3) is 0 Å². The van der Waals surface area contributed by atoms with Crippen molar-refractivity contribution < 1.29 is 14.3 Å². The second kappa shape index (κ2) is 6.16. The Morgan fingerprint density at radius 1 is 0.947 bits per heavy atom. The maximum absolute atomic E-state index is 11.8. The van der Waals surface area contributed by atoms with Crippen LogP contribution in [0.3, 0.4) is 0 Å². The molecule has 0 radical (unpaired) electrons. The fourth-order valence-corrected chi connectivity index (χ4v) is 1.70. The number of rotatable bonds is 4. The van der Waals surface area contributed by atoms with Gasteiger partial charge < -0.3 is 9.47 Å². The van der Waals surface area contributed by atoms with Crippen LogP contribution in [0.4, 0.5) is 0 Å². The van der Waals surface area contributed by atoms with Gasteiger partial charge in [0, 0.05) is 7.11 Å². The second-order valence-electron chi connectivity index (χ2n) is 4.15. The van der Waals surface area contributed by atoms with Crippen LogP contribution >= 0.6 is 0 Å². The summed E-state index contributed by atoms with van der Waals surface area (Å²) in [5.74, 6) is -0.381. The van der Waals surface area contributed by atoms with Crippen LogP contribution in [0.25, 0.3) is 11.1 Å². The predicted octanol–water partition coefficient (Wildman–Crippen LogP) is 3.50. The van der Waals surface area contributed by atoms with E-state index in [1.54, 1.807) is 19.1 Å². The number of hydrogen-bond acceptors (Lipinski definition) is 3. The molecule has 0 saturated carbocycles. The summed E-state index contributed by atoms with van der Waals surface area (Å²) in [4.78, 5) is 11.8. The van der Waals surface area contributed by atoms with E-state index in [1.807, 2.05) is 42.5 Å². The van der Waals surface area contributed by atoms with Crippen LogP contribution in [0, 0.1) is 0 Å². The lowest BCUT2D eigenvalue weighted by Gasteiger charge is -2.11. The molecular formula is C16H16O3. The average Bonchev–Trinajstić information content (AvgIpc) is 2.48. The summed E-state index contributed by atoms with van der Waals surface area (Å²) in [7, 11) is 1.50. The normalized spacial score (nSPS) is 11.9. The molecule has 1 unspecified atom stereocenters. The highest BCUT2D eigenvalue weighted by Crippen LogP contribution is 2.19. The van der Waals surface area contributed by atoms with Gasteiger partial charge in [-0.2, -0.15) is 0 Å². The van der Waals surface area contributed by atoms with Crippen molar-refractivity contribution in [3.8, 4) is 11.1 Å². The van der Waals surface area contributed by atoms with Crippen molar-refractivity contribution in [2.45, 2.75) is 13.2 Å². The van der Waals surface area contributed by atoms with Crippen LogP contribution in [-0.4, -0.2) is 19.4 Å². The molecule has 2 aromatic rings. The van der Waals surface area contributed by atoms with Crippen LogP contribution in [-0.2, 0) is 9.47 Å². The molecule has 1 atom stereocenters. The number of esters is 1. The lowest BCUT2D eigenvalue weighted by molar-refractivity contribution is -0.0773. The molecule has 3 nitrogen and oxygen atoms in total. The molecule has 0 bridgehead atoms. The Hall–Kier alpha value is -2.13. The van der Waals surface area contributed by atoms with Gasteiger partial charge in [-0.1, -0.05) is 42.5 Å². The minimum atomic E-state index is -0.540. The molecule has 3 heteroatoms. The van der Waals surface area contributed by atoms with Gasteiger partial charge in [-0.05, 0) is 30.2 Å². The quantitative estimate of drug-likeness (QED) is 0.620.